The summed E-state index contributed by atoms with van der Waals surface area (Å²) < 4.78 is 2.01. The number of aryl methyl sites for hydroxylation is 1. The van der Waals surface area contributed by atoms with Gasteiger partial charge in [0.2, 0.25) is 5.95 Å². The van der Waals surface area contributed by atoms with Gasteiger partial charge in [0.1, 0.15) is 0 Å². The van der Waals surface area contributed by atoms with Gasteiger partial charge in [0.15, 0.2) is 0 Å². The van der Waals surface area contributed by atoms with Crippen LogP contribution in [-0.2, 0) is 7.05 Å². The number of rotatable bonds is 5. The number of hydrogen-bond acceptors (Lipinski definition) is 3. The second kappa shape index (κ2) is 6.65. The van der Waals surface area contributed by atoms with Gasteiger partial charge in [0.05, 0.1) is 11.0 Å². The van der Waals surface area contributed by atoms with Crippen molar-refractivity contribution in [1.29, 1.82) is 0 Å². The fourth-order valence-corrected chi connectivity index (χ4v) is 2.74. The second-order valence-corrected chi connectivity index (χ2v) is 5.48. The maximum absolute atomic E-state index is 4.56. The topological polar surface area (TPSA) is 33.4 Å². The number of para-hydroxylation sites is 2. The van der Waals surface area contributed by atoms with Crippen LogP contribution in [0.5, 0.6) is 0 Å². The van der Waals surface area contributed by atoms with Crippen LogP contribution in [0.15, 0.2) is 53.5 Å². The van der Waals surface area contributed by atoms with Crippen LogP contribution in [-0.4, -0.2) is 28.9 Å². The summed E-state index contributed by atoms with van der Waals surface area (Å²) in [6.07, 6.45) is 1.87. The van der Waals surface area contributed by atoms with Crippen LogP contribution in [0.3, 0.4) is 0 Å². The van der Waals surface area contributed by atoms with Gasteiger partial charge in [-0.25, -0.2) is 9.98 Å². The number of imidazole rings is 1. The Morgan fingerprint density at radius 1 is 1.04 bits per heavy atom. The molecule has 4 heteroatoms. The third-order valence-corrected chi connectivity index (χ3v) is 4.11. The molecule has 0 amide bonds. The third-order valence-electron chi connectivity index (χ3n) is 4.11. The van der Waals surface area contributed by atoms with Crippen molar-refractivity contribution in [2.24, 2.45) is 12.0 Å². The average molecular weight is 306 g/mol. The number of aromatic nitrogens is 2. The second-order valence-electron chi connectivity index (χ2n) is 5.48. The molecule has 3 aromatic rings. The molecule has 0 saturated carbocycles. The smallest absolute Gasteiger partial charge is 0.230 e. The molecule has 118 valence electrons. The molecule has 0 aliphatic rings. The zero-order valence-electron chi connectivity index (χ0n) is 13.9. The van der Waals surface area contributed by atoms with Gasteiger partial charge in [0, 0.05) is 32.0 Å². The number of benzene rings is 2. The Bertz CT molecular complexity index is 811. The number of hydrogen-bond donors (Lipinski definition) is 0. The molecule has 0 atom stereocenters. The summed E-state index contributed by atoms with van der Waals surface area (Å²) in [7, 11) is 1.99. The number of nitrogens with zero attached hydrogens (tertiary/aromatic N) is 4. The van der Waals surface area contributed by atoms with E-state index < -0.39 is 0 Å². The van der Waals surface area contributed by atoms with E-state index in [0.717, 1.165) is 35.6 Å². The monoisotopic (exact) mass is 306 g/mol. The van der Waals surface area contributed by atoms with Crippen molar-refractivity contribution in [2.45, 2.75) is 13.8 Å². The SMILES string of the molecule is CCN(CC)c1ccc(C=Nc2nc3ccccc3n2C)cc1. The minimum Gasteiger partial charge on any atom is -0.372 e. The molecule has 0 N–H and O–H groups in total. The fraction of sp³-hybridized carbons (Fsp3) is 0.263. The Morgan fingerprint density at radius 3 is 2.39 bits per heavy atom. The van der Waals surface area contributed by atoms with Gasteiger partial charge in [-0.1, -0.05) is 24.3 Å². The summed E-state index contributed by atoms with van der Waals surface area (Å²) in [5.74, 6) is 0.721. The molecule has 0 fully saturated rings. The van der Waals surface area contributed by atoms with E-state index in [-0.39, 0.29) is 0 Å². The standard InChI is InChI=1S/C19H22N4/c1-4-23(5-2)16-12-10-15(11-13-16)14-20-19-21-17-8-6-7-9-18(17)22(19)3/h6-14H,4-5H2,1-3H3. The van der Waals surface area contributed by atoms with Crippen molar-refractivity contribution in [3.05, 3.63) is 54.1 Å². The molecule has 23 heavy (non-hydrogen) atoms. The van der Waals surface area contributed by atoms with Gasteiger partial charge in [-0.05, 0) is 43.7 Å². The highest BCUT2D eigenvalue weighted by molar-refractivity contribution is 5.84. The summed E-state index contributed by atoms with van der Waals surface area (Å²) in [6.45, 7) is 6.38. The van der Waals surface area contributed by atoms with Gasteiger partial charge in [-0.2, -0.15) is 0 Å². The number of fused-ring (bicyclic) bond motifs is 1. The highest BCUT2D eigenvalue weighted by atomic mass is 15.2. The first-order valence-electron chi connectivity index (χ1n) is 8.03. The number of anilines is 1. The van der Waals surface area contributed by atoms with E-state index in [1.54, 1.807) is 0 Å². The van der Waals surface area contributed by atoms with Crippen LogP contribution in [0.4, 0.5) is 11.6 Å². The van der Waals surface area contributed by atoms with E-state index in [1.807, 2.05) is 36.0 Å². The largest absolute Gasteiger partial charge is 0.372 e. The van der Waals surface area contributed by atoms with Crippen molar-refractivity contribution in [3.8, 4) is 0 Å². The van der Waals surface area contributed by atoms with Crippen LogP contribution >= 0.6 is 0 Å². The van der Waals surface area contributed by atoms with E-state index in [2.05, 4.69) is 59.1 Å². The summed E-state index contributed by atoms with van der Waals surface area (Å²) in [6, 6.07) is 16.6. The molecule has 0 saturated heterocycles. The van der Waals surface area contributed by atoms with Crippen LogP contribution < -0.4 is 4.90 Å². The predicted molar refractivity (Wildman–Crippen MR) is 98.0 cm³/mol. The third kappa shape index (κ3) is 3.11. The molecule has 0 radical (unpaired) electrons. The van der Waals surface area contributed by atoms with Crippen LogP contribution in [0.1, 0.15) is 19.4 Å². The first-order valence-corrected chi connectivity index (χ1v) is 8.03. The van der Waals surface area contributed by atoms with Gasteiger partial charge in [-0.3, -0.25) is 0 Å². The predicted octanol–water partition coefficient (Wildman–Crippen LogP) is 4.17. The molecule has 0 aliphatic heterocycles. The summed E-state index contributed by atoms with van der Waals surface area (Å²) in [5.41, 5.74) is 4.39. The molecule has 0 aliphatic carbocycles. The normalized spacial score (nSPS) is 11.4. The maximum atomic E-state index is 4.56. The van der Waals surface area contributed by atoms with E-state index in [1.165, 1.54) is 5.69 Å². The Hall–Kier alpha value is -2.62. The Kier molecular flexibility index (Phi) is 4.42. The zero-order chi connectivity index (χ0) is 16.2. The molecule has 0 unspecified atom stereocenters. The lowest BCUT2D eigenvalue weighted by Crippen LogP contribution is -2.21. The van der Waals surface area contributed by atoms with Crippen LogP contribution in [0, 0.1) is 0 Å². The maximum Gasteiger partial charge on any atom is 0.230 e. The summed E-state index contributed by atoms with van der Waals surface area (Å²) in [5, 5.41) is 0. The van der Waals surface area contributed by atoms with Crippen molar-refractivity contribution in [2.75, 3.05) is 18.0 Å². The highest BCUT2D eigenvalue weighted by Crippen LogP contribution is 2.20. The van der Waals surface area contributed by atoms with E-state index in [0.29, 0.717) is 0 Å². The molecule has 2 aromatic carbocycles. The van der Waals surface area contributed by atoms with Gasteiger partial charge < -0.3 is 9.47 Å². The average Bonchev–Trinajstić information content (AvgIpc) is 2.92. The van der Waals surface area contributed by atoms with Gasteiger partial charge in [-0.15, -0.1) is 0 Å². The zero-order valence-corrected chi connectivity index (χ0v) is 13.9. The van der Waals surface area contributed by atoms with Crippen LogP contribution in [0.2, 0.25) is 0 Å². The molecule has 1 heterocycles. The van der Waals surface area contributed by atoms with Crippen molar-refractivity contribution in [1.82, 2.24) is 9.55 Å². The lowest BCUT2D eigenvalue weighted by atomic mass is 10.2. The van der Waals surface area contributed by atoms with Crippen molar-refractivity contribution >= 4 is 28.9 Å². The van der Waals surface area contributed by atoms with Crippen molar-refractivity contribution in [3.63, 3.8) is 0 Å². The van der Waals surface area contributed by atoms with E-state index >= 15 is 0 Å². The lowest BCUT2D eigenvalue weighted by molar-refractivity contribution is 0.866. The summed E-state index contributed by atoms with van der Waals surface area (Å²) in [4.78, 5) is 11.4. The van der Waals surface area contributed by atoms with Gasteiger partial charge in [0.25, 0.3) is 0 Å². The molecule has 4 nitrogen and oxygen atoms in total. The summed E-state index contributed by atoms with van der Waals surface area (Å²) >= 11 is 0. The minimum atomic E-state index is 0.721. The van der Waals surface area contributed by atoms with E-state index in [9.17, 15) is 0 Å². The number of aliphatic imine (C=N–C) groups is 1. The van der Waals surface area contributed by atoms with Crippen molar-refractivity contribution < 1.29 is 0 Å². The molecular formula is C19H22N4. The molecule has 0 bridgehead atoms. The first kappa shape index (κ1) is 15.3. The molecule has 0 spiro atoms. The fourth-order valence-electron chi connectivity index (χ4n) is 2.74. The van der Waals surface area contributed by atoms with Gasteiger partial charge >= 0.3 is 0 Å². The van der Waals surface area contributed by atoms with E-state index in [4.69, 9.17) is 0 Å². The molecule has 3 rings (SSSR count). The van der Waals surface area contributed by atoms with Crippen LogP contribution in [0.25, 0.3) is 11.0 Å². The molecule has 1 aromatic heterocycles. The Balaban J connectivity index is 1.83. The highest BCUT2D eigenvalue weighted by Gasteiger charge is 2.05. The lowest BCUT2D eigenvalue weighted by Gasteiger charge is -2.20. The Labute approximate surface area is 137 Å². The molecular weight excluding hydrogens is 284 g/mol. The minimum absolute atomic E-state index is 0.721. The first-order chi connectivity index (χ1) is 11.2. The quantitative estimate of drug-likeness (QED) is 0.663. The Morgan fingerprint density at radius 2 is 1.74 bits per heavy atom.